The average Bonchev–Trinajstić information content (AvgIpc) is 2.85. The van der Waals surface area contributed by atoms with Crippen molar-refractivity contribution in [3.8, 4) is 0 Å². The second-order valence-corrected chi connectivity index (χ2v) is 8.00. The van der Waals surface area contributed by atoms with E-state index in [-0.39, 0.29) is 11.3 Å². The fraction of sp³-hybridized carbons (Fsp3) is 0.292. The van der Waals surface area contributed by atoms with E-state index in [1.165, 1.54) is 16.8 Å². The predicted molar refractivity (Wildman–Crippen MR) is 127 cm³/mol. The number of hydrogen-bond donors (Lipinski definition) is 2. The number of nitrogens with one attached hydrogen (secondary N) is 2. The Morgan fingerprint density at radius 2 is 1.68 bits per heavy atom. The van der Waals surface area contributed by atoms with Crippen LogP contribution in [0.4, 0.5) is 0 Å². The third kappa shape index (κ3) is 6.41. The first-order chi connectivity index (χ1) is 16.4. The summed E-state index contributed by atoms with van der Waals surface area (Å²) in [5.74, 6) is -2.15. The van der Waals surface area contributed by atoms with Gasteiger partial charge in [0.1, 0.15) is 0 Å². The number of unbranched alkanes of at least 4 members (excludes halogenated alkanes) is 3. The van der Waals surface area contributed by atoms with Crippen LogP contribution in [-0.4, -0.2) is 34.2 Å². The van der Waals surface area contributed by atoms with Gasteiger partial charge >= 0.3 is 5.97 Å². The number of nitrogens with zero attached hydrogens (tertiary/aromatic N) is 2. The Morgan fingerprint density at radius 3 is 2.38 bits per heavy atom. The van der Waals surface area contributed by atoms with Crippen LogP contribution < -0.4 is 16.4 Å². The lowest BCUT2D eigenvalue weighted by molar-refractivity contribution is -0.125. The number of hydrazine groups is 1. The molecule has 34 heavy (non-hydrogen) atoms. The van der Waals surface area contributed by atoms with Crippen LogP contribution in [0.3, 0.4) is 0 Å². The Hall–Kier alpha value is -3.72. The van der Waals surface area contributed by atoms with Crippen molar-refractivity contribution in [1.82, 2.24) is 20.6 Å². The molecule has 0 aliphatic heterocycles. The van der Waals surface area contributed by atoms with Crippen molar-refractivity contribution in [3.63, 3.8) is 0 Å². The Balaban J connectivity index is 1.64. The maximum absolute atomic E-state index is 12.8. The highest BCUT2D eigenvalue weighted by Gasteiger charge is 2.19. The maximum atomic E-state index is 12.8. The minimum Gasteiger partial charge on any atom is -0.451 e. The van der Waals surface area contributed by atoms with Gasteiger partial charge in [-0.2, -0.15) is 5.10 Å². The van der Waals surface area contributed by atoms with Crippen molar-refractivity contribution in [2.45, 2.75) is 39.2 Å². The van der Waals surface area contributed by atoms with E-state index < -0.39 is 24.4 Å². The van der Waals surface area contributed by atoms with Gasteiger partial charge < -0.3 is 4.74 Å². The molecule has 0 aliphatic carbocycles. The van der Waals surface area contributed by atoms with Gasteiger partial charge in [-0.1, -0.05) is 56.0 Å². The molecule has 1 heterocycles. The molecule has 0 unspecified atom stereocenters. The summed E-state index contributed by atoms with van der Waals surface area (Å²) >= 11 is 5.78. The van der Waals surface area contributed by atoms with Gasteiger partial charge in [0.25, 0.3) is 17.4 Å². The third-order valence-corrected chi connectivity index (χ3v) is 5.29. The van der Waals surface area contributed by atoms with Crippen LogP contribution in [0.1, 0.15) is 53.5 Å². The van der Waals surface area contributed by atoms with E-state index in [0.717, 1.165) is 25.7 Å². The second-order valence-electron chi connectivity index (χ2n) is 7.57. The molecule has 2 amide bonds. The maximum Gasteiger partial charge on any atom is 0.359 e. The van der Waals surface area contributed by atoms with Gasteiger partial charge in [-0.15, -0.1) is 0 Å². The first-order valence-electron chi connectivity index (χ1n) is 10.9. The predicted octanol–water partition coefficient (Wildman–Crippen LogP) is 3.25. The molecule has 10 heteroatoms. The molecule has 3 aromatic rings. The highest BCUT2D eigenvalue weighted by Crippen LogP contribution is 2.15. The molecule has 0 aliphatic rings. The van der Waals surface area contributed by atoms with E-state index in [9.17, 15) is 19.2 Å². The zero-order valence-corrected chi connectivity index (χ0v) is 19.4. The number of aromatic nitrogens is 2. The smallest absolute Gasteiger partial charge is 0.359 e. The fourth-order valence-corrected chi connectivity index (χ4v) is 3.39. The molecule has 0 atom stereocenters. The van der Waals surface area contributed by atoms with Crippen molar-refractivity contribution in [1.29, 1.82) is 0 Å². The molecular formula is C24H25ClN4O5. The summed E-state index contributed by atoms with van der Waals surface area (Å²) < 4.78 is 6.36. The monoisotopic (exact) mass is 484 g/mol. The highest BCUT2D eigenvalue weighted by molar-refractivity contribution is 6.30. The van der Waals surface area contributed by atoms with Crippen LogP contribution in [0, 0.1) is 0 Å². The molecular weight excluding hydrogens is 460 g/mol. The summed E-state index contributed by atoms with van der Waals surface area (Å²) in [4.78, 5) is 49.6. The van der Waals surface area contributed by atoms with Crippen LogP contribution in [-0.2, 0) is 16.1 Å². The summed E-state index contributed by atoms with van der Waals surface area (Å²) in [6.45, 7) is 1.82. The summed E-state index contributed by atoms with van der Waals surface area (Å²) in [5.41, 5.74) is 4.36. The lowest BCUT2D eigenvalue weighted by Crippen LogP contribution is -2.43. The van der Waals surface area contributed by atoms with E-state index in [1.54, 1.807) is 36.4 Å². The Labute approximate surface area is 201 Å². The molecule has 2 N–H and O–H groups in total. The topological polar surface area (TPSA) is 119 Å². The van der Waals surface area contributed by atoms with E-state index in [1.807, 2.05) is 0 Å². The lowest BCUT2D eigenvalue weighted by atomic mass is 10.1. The first kappa shape index (κ1) is 24.9. The quantitative estimate of drug-likeness (QED) is 0.273. The Kier molecular flexibility index (Phi) is 8.75. The summed E-state index contributed by atoms with van der Waals surface area (Å²) in [6, 6.07) is 12.7. The van der Waals surface area contributed by atoms with E-state index in [4.69, 9.17) is 16.3 Å². The fourth-order valence-electron chi connectivity index (χ4n) is 3.26. The number of carbonyl (C=O) groups is 3. The third-order valence-electron chi connectivity index (χ3n) is 5.04. The average molecular weight is 485 g/mol. The molecule has 9 nitrogen and oxygen atoms in total. The van der Waals surface area contributed by atoms with E-state index >= 15 is 0 Å². The van der Waals surface area contributed by atoms with Crippen molar-refractivity contribution < 1.29 is 19.1 Å². The van der Waals surface area contributed by atoms with Crippen molar-refractivity contribution in [3.05, 3.63) is 75.2 Å². The summed E-state index contributed by atoms with van der Waals surface area (Å²) in [5, 5.41) is 5.38. The van der Waals surface area contributed by atoms with Gasteiger partial charge in [-0.25, -0.2) is 9.48 Å². The van der Waals surface area contributed by atoms with E-state index in [0.29, 0.717) is 27.9 Å². The molecule has 0 saturated heterocycles. The largest absolute Gasteiger partial charge is 0.451 e. The van der Waals surface area contributed by atoms with Crippen LogP contribution in [0.5, 0.6) is 0 Å². The molecule has 3 rings (SSSR count). The number of fused-ring (bicyclic) bond motifs is 1. The Bertz CT molecular complexity index is 1240. The molecule has 0 spiro atoms. The SMILES string of the molecule is CCCCCCn1nc(C(=O)OCC(=O)NNC(=O)c2ccc(Cl)cc2)c2ccccc2c1=O. The molecule has 2 aromatic carbocycles. The molecule has 0 fully saturated rings. The van der Waals surface area contributed by atoms with Crippen molar-refractivity contribution >= 4 is 40.2 Å². The minimum atomic E-state index is -0.849. The van der Waals surface area contributed by atoms with Gasteiger partial charge in [0.2, 0.25) is 0 Å². The van der Waals surface area contributed by atoms with Crippen molar-refractivity contribution in [2.75, 3.05) is 6.61 Å². The number of esters is 1. The van der Waals surface area contributed by atoms with Crippen LogP contribution in [0.2, 0.25) is 5.02 Å². The van der Waals surface area contributed by atoms with Gasteiger partial charge in [-0.05, 0) is 36.8 Å². The van der Waals surface area contributed by atoms with Gasteiger partial charge in [-0.3, -0.25) is 25.2 Å². The second kappa shape index (κ2) is 11.9. The van der Waals surface area contributed by atoms with Crippen LogP contribution in [0.15, 0.2) is 53.3 Å². The van der Waals surface area contributed by atoms with Crippen molar-refractivity contribution in [2.24, 2.45) is 0 Å². The molecule has 178 valence electrons. The number of rotatable bonds is 9. The van der Waals surface area contributed by atoms with Gasteiger partial charge in [0.15, 0.2) is 12.3 Å². The zero-order valence-electron chi connectivity index (χ0n) is 18.7. The summed E-state index contributed by atoms with van der Waals surface area (Å²) in [6.07, 6.45) is 3.79. The molecule has 0 radical (unpaired) electrons. The highest BCUT2D eigenvalue weighted by atomic mass is 35.5. The van der Waals surface area contributed by atoms with Gasteiger partial charge in [0, 0.05) is 22.5 Å². The van der Waals surface area contributed by atoms with E-state index in [2.05, 4.69) is 22.9 Å². The van der Waals surface area contributed by atoms with Crippen LogP contribution >= 0.6 is 11.6 Å². The zero-order chi connectivity index (χ0) is 24.5. The number of carbonyl (C=O) groups excluding carboxylic acids is 3. The Morgan fingerprint density at radius 1 is 0.971 bits per heavy atom. The number of aryl methyl sites for hydroxylation is 1. The molecule has 0 bridgehead atoms. The lowest BCUT2D eigenvalue weighted by Gasteiger charge is -2.11. The summed E-state index contributed by atoms with van der Waals surface area (Å²) in [7, 11) is 0. The number of hydrogen-bond acceptors (Lipinski definition) is 6. The standard InChI is InChI=1S/C24H25ClN4O5/c1-2-3-4-7-14-29-23(32)19-9-6-5-8-18(19)21(28-29)24(33)34-15-20(30)26-27-22(31)16-10-12-17(25)13-11-16/h5-6,8-13H,2-4,7,14-15H2,1H3,(H,26,30)(H,27,31). The number of ether oxygens (including phenoxy) is 1. The minimum absolute atomic E-state index is 0.0521. The first-order valence-corrected chi connectivity index (χ1v) is 11.3. The van der Waals surface area contributed by atoms with Gasteiger partial charge in [0.05, 0.1) is 5.39 Å². The number of halogens is 1. The number of amides is 2. The normalized spacial score (nSPS) is 10.6. The van der Waals surface area contributed by atoms with Crippen LogP contribution in [0.25, 0.3) is 10.8 Å². The molecule has 0 saturated carbocycles. The number of benzene rings is 2. The molecule has 1 aromatic heterocycles.